The standard InChI is InChI=1S/C7H8.C3H9BrSi/c1-7-5-3-2-4-6-7;1-5(2,3)4/h2-6H,1H3;1-3H3. The van der Waals surface area contributed by atoms with Crippen molar-refractivity contribution in [1.29, 1.82) is 0 Å². The van der Waals surface area contributed by atoms with Crippen LogP contribution < -0.4 is 0 Å². The van der Waals surface area contributed by atoms with Crippen molar-refractivity contribution in [2.24, 2.45) is 0 Å². The van der Waals surface area contributed by atoms with Crippen LogP contribution in [0.4, 0.5) is 0 Å². The number of benzene rings is 1. The third kappa shape index (κ3) is 12.6. The van der Waals surface area contributed by atoms with Gasteiger partial charge in [-0.15, -0.1) is 15.3 Å². The van der Waals surface area contributed by atoms with Crippen molar-refractivity contribution in [2.75, 3.05) is 0 Å². The van der Waals surface area contributed by atoms with Gasteiger partial charge in [0, 0.05) is 0 Å². The molecule has 0 spiro atoms. The lowest BCUT2D eigenvalue weighted by Gasteiger charge is -1.98. The summed E-state index contributed by atoms with van der Waals surface area (Å²) in [6, 6.07) is 10.3. The zero-order valence-electron chi connectivity index (χ0n) is 8.26. The lowest BCUT2D eigenvalue weighted by atomic mass is 10.2. The molecule has 0 amide bonds. The molecule has 0 aliphatic rings. The monoisotopic (exact) mass is 244 g/mol. The maximum atomic E-state index is 3.51. The third-order valence-electron chi connectivity index (χ3n) is 0.940. The highest BCUT2D eigenvalue weighted by atomic mass is 79.9. The van der Waals surface area contributed by atoms with Crippen LogP contribution in [0.1, 0.15) is 5.56 Å². The Kier molecular flexibility index (Phi) is 5.50. The maximum Gasteiger partial charge on any atom is 0.121 e. The van der Waals surface area contributed by atoms with Crippen molar-refractivity contribution in [3.8, 4) is 0 Å². The van der Waals surface area contributed by atoms with Crippen LogP contribution in [-0.2, 0) is 0 Å². The fourth-order valence-electron chi connectivity index (χ4n) is 0.534. The second kappa shape index (κ2) is 5.54. The lowest BCUT2D eigenvalue weighted by Crippen LogP contribution is -2.05. The van der Waals surface area contributed by atoms with E-state index in [2.05, 4.69) is 54.0 Å². The smallest absolute Gasteiger partial charge is 0.121 e. The average molecular weight is 245 g/mol. The number of rotatable bonds is 0. The molecule has 0 radical (unpaired) electrons. The normalized spacial score (nSPS) is 10.1. The number of halogens is 1. The molecular weight excluding hydrogens is 228 g/mol. The molecular formula is C10H17BrSi. The third-order valence-corrected chi connectivity index (χ3v) is 0.940. The Morgan fingerprint density at radius 2 is 1.33 bits per heavy atom. The Morgan fingerprint density at radius 3 is 1.50 bits per heavy atom. The number of hydrogen-bond acceptors (Lipinski definition) is 0. The highest BCUT2D eigenvalue weighted by Crippen LogP contribution is 2.07. The van der Waals surface area contributed by atoms with E-state index in [-0.39, 0.29) is 0 Å². The van der Waals surface area contributed by atoms with Gasteiger partial charge in [-0.05, 0) is 6.92 Å². The molecule has 0 fully saturated rings. The van der Waals surface area contributed by atoms with E-state index in [1.165, 1.54) is 5.56 Å². The fourth-order valence-corrected chi connectivity index (χ4v) is 0.534. The maximum absolute atomic E-state index is 3.51. The second-order valence-electron chi connectivity index (χ2n) is 3.72. The molecule has 0 N–H and O–H groups in total. The van der Waals surface area contributed by atoms with Gasteiger partial charge in [0.15, 0.2) is 0 Å². The largest absolute Gasteiger partial charge is 0.127 e. The lowest BCUT2D eigenvalue weighted by molar-refractivity contribution is 1.48. The predicted molar refractivity (Wildman–Crippen MR) is 63.5 cm³/mol. The molecule has 0 saturated heterocycles. The van der Waals surface area contributed by atoms with Gasteiger partial charge in [0.05, 0.1) is 0 Å². The van der Waals surface area contributed by atoms with E-state index in [0.717, 1.165) is 0 Å². The van der Waals surface area contributed by atoms with Gasteiger partial charge in [-0.1, -0.05) is 55.5 Å². The molecule has 1 rings (SSSR count). The van der Waals surface area contributed by atoms with Gasteiger partial charge in [-0.2, -0.15) is 0 Å². The molecule has 68 valence electrons. The quantitative estimate of drug-likeness (QED) is 0.474. The van der Waals surface area contributed by atoms with Crippen LogP contribution in [0.25, 0.3) is 0 Å². The molecule has 0 atom stereocenters. The molecule has 1 aromatic carbocycles. The Labute approximate surface area is 84.6 Å². The molecule has 0 unspecified atom stereocenters. The van der Waals surface area contributed by atoms with Crippen LogP contribution in [0.3, 0.4) is 0 Å². The molecule has 12 heavy (non-hydrogen) atoms. The van der Waals surface area contributed by atoms with E-state index in [1.807, 2.05) is 18.2 Å². The van der Waals surface area contributed by atoms with E-state index < -0.39 is 6.69 Å². The summed E-state index contributed by atoms with van der Waals surface area (Å²) in [5, 5.41) is 0. The average Bonchev–Trinajstić information content (AvgIpc) is 1.85. The van der Waals surface area contributed by atoms with Gasteiger partial charge >= 0.3 is 0 Å². The molecule has 1 aromatic rings. The summed E-state index contributed by atoms with van der Waals surface area (Å²) in [4.78, 5) is 0. The predicted octanol–water partition coefficient (Wildman–Crippen LogP) is 4.21. The minimum atomic E-state index is -0.799. The minimum Gasteiger partial charge on any atom is -0.127 e. The summed E-state index contributed by atoms with van der Waals surface area (Å²) >= 11 is 3.51. The Balaban J connectivity index is 0.000000217. The SMILES string of the molecule is C[Si](C)(C)Br.Cc1ccccc1. The Morgan fingerprint density at radius 1 is 1.00 bits per heavy atom. The van der Waals surface area contributed by atoms with Gasteiger partial charge in [0.25, 0.3) is 0 Å². The molecule has 0 nitrogen and oxygen atoms in total. The van der Waals surface area contributed by atoms with E-state index in [4.69, 9.17) is 0 Å². The first-order valence-electron chi connectivity index (χ1n) is 4.10. The molecule has 0 saturated carbocycles. The zero-order valence-corrected chi connectivity index (χ0v) is 10.9. The topological polar surface area (TPSA) is 0 Å². The summed E-state index contributed by atoms with van der Waals surface area (Å²) in [5.74, 6) is 0. The van der Waals surface area contributed by atoms with Crippen LogP contribution in [0.5, 0.6) is 0 Å². The Bertz CT molecular complexity index is 195. The number of hydrogen-bond donors (Lipinski definition) is 0. The molecule has 2 heteroatoms. The highest BCUT2D eigenvalue weighted by Gasteiger charge is 2.03. The summed E-state index contributed by atoms with van der Waals surface area (Å²) in [6.45, 7) is 8.01. The summed E-state index contributed by atoms with van der Waals surface area (Å²) in [7, 11) is 0. The van der Waals surface area contributed by atoms with Gasteiger partial charge in [0.2, 0.25) is 0 Å². The Hall–Kier alpha value is -0.0831. The first-order valence-corrected chi connectivity index (χ1v) is 9.86. The van der Waals surface area contributed by atoms with Gasteiger partial charge in [0.1, 0.15) is 6.69 Å². The molecule has 0 bridgehead atoms. The summed E-state index contributed by atoms with van der Waals surface area (Å²) < 4.78 is 0. The van der Waals surface area contributed by atoms with Crippen molar-refractivity contribution in [2.45, 2.75) is 26.6 Å². The molecule has 0 heterocycles. The van der Waals surface area contributed by atoms with Gasteiger partial charge < -0.3 is 0 Å². The van der Waals surface area contributed by atoms with Crippen LogP contribution in [0.15, 0.2) is 30.3 Å². The van der Waals surface area contributed by atoms with E-state index in [0.29, 0.717) is 0 Å². The van der Waals surface area contributed by atoms with Crippen molar-refractivity contribution in [3.63, 3.8) is 0 Å². The van der Waals surface area contributed by atoms with Crippen molar-refractivity contribution < 1.29 is 0 Å². The van der Waals surface area contributed by atoms with Gasteiger partial charge in [-0.25, -0.2) is 0 Å². The molecule has 0 aromatic heterocycles. The fraction of sp³-hybridized carbons (Fsp3) is 0.400. The minimum absolute atomic E-state index is 0.799. The first-order chi connectivity index (χ1) is 5.39. The molecule has 0 aliphatic carbocycles. The van der Waals surface area contributed by atoms with Crippen LogP contribution in [-0.4, -0.2) is 6.69 Å². The second-order valence-corrected chi connectivity index (χ2v) is 15.0. The van der Waals surface area contributed by atoms with E-state index in [1.54, 1.807) is 0 Å². The van der Waals surface area contributed by atoms with Crippen molar-refractivity contribution in [1.82, 2.24) is 0 Å². The number of aryl methyl sites for hydroxylation is 1. The van der Waals surface area contributed by atoms with Crippen LogP contribution in [0.2, 0.25) is 19.6 Å². The van der Waals surface area contributed by atoms with Crippen molar-refractivity contribution in [3.05, 3.63) is 35.9 Å². The summed E-state index contributed by atoms with van der Waals surface area (Å²) in [5.41, 5.74) is 1.32. The van der Waals surface area contributed by atoms with E-state index >= 15 is 0 Å². The van der Waals surface area contributed by atoms with Crippen molar-refractivity contribution >= 4 is 22.0 Å². The van der Waals surface area contributed by atoms with Crippen LogP contribution >= 0.6 is 15.3 Å². The first kappa shape index (κ1) is 11.9. The molecule has 0 aliphatic heterocycles. The zero-order chi connectivity index (χ0) is 9.61. The van der Waals surface area contributed by atoms with Crippen LogP contribution in [0, 0.1) is 6.92 Å². The summed E-state index contributed by atoms with van der Waals surface area (Å²) in [6.07, 6.45) is 0. The van der Waals surface area contributed by atoms with Gasteiger partial charge in [-0.3, -0.25) is 0 Å². The van der Waals surface area contributed by atoms with E-state index in [9.17, 15) is 0 Å². The highest BCUT2D eigenvalue weighted by molar-refractivity contribution is 9.26.